The molecule has 25 heavy (non-hydrogen) atoms. The van der Waals surface area contributed by atoms with E-state index in [0.717, 1.165) is 21.8 Å². The number of aromatic carboxylic acids is 1. The highest BCUT2D eigenvalue weighted by Crippen LogP contribution is 2.34. The van der Waals surface area contributed by atoms with Gasteiger partial charge in [-0.25, -0.2) is 17.9 Å². The van der Waals surface area contributed by atoms with Crippen molar-refractivity contribution in [1.82, 2.24) is 10.0 Å². The molecule has 0 saturated heterocycles. The van der Waals surface area contributed by atoms with Gasteiger partial charge in [0.2, 0.25) is 0 Å². The first-order chi connectivity index (χ1) is 11.9. The molecule has 1 aliphatic rings. The zero-order valence-corrected chi connectivity index (χ0v) is 15.4. The van der Waals surface area contributed by atoms with Crippen LogP contribution in [0.5, 0.6) is 0 Å². The van der Waals surface area contributed by atoms with Gasteiger partial charge in [0, 0.05) is 18.0 Å². The smallest absolute Gasteiger partial charge is 0.338 e. The van der Waals surface area contributed by atoms with E-state index in [-0.39, 0.29) is 22.2 Å². The van der Waals surface area contributed by atoms with Crippen LogP contribution in [0.4, 0.5) is 0 Å². The molecule has 1 aromatic carbocycles. The van der Waals surface area contributed by atoms with Crippen LogP contribution in [0.25, 0.3) is 0 Å². The molecule has 3 rings (SSSR count). The summed E-state index contributed by atoms with van der Waals surface area (Å²) < 4.78 is 27.9. The number of nitrogens with one attached hydrogen (secondary N) is 2. The van der Waals surface area contributed by atoms with Crippen LogP contribution in [0.2, 0.25) is 0 Å². The second-order valence-electron chi connectivity index (χ2n) is 6.06. The summed E-state index contributed by atoms with van der Waals surface area (Å²) in [6.07, 6.45) is 0.531. The first kappa shape index (κ1) is 18.1. The largest absolute Gasteiger partial charge is 0.478 e. The number of benzene rings is 1. The van der Waals surface area contributed by atoms with Gasteiger partial charge >= 0.3 is 5.97 Å². The van der Waals surface area contributed by atoms with Crippen LogP contribution in [-0.2, 0) is 23.0 Å². The van der Waals surface area contributed by atoms with Gasteiger partial charge in [-0.1, -0.05) is 37.3 Å². The Morgan fingerprint density at radius 3 is 2.76 bits per heavy atom. The van der Waals surface area contributed by atoms with Crippen molar-refractivity contribution < 1.29 is 18.3 Å². The van der Waals surface area contributed by atoms with Gasteiger partial charge in [0.25, 0.3) is 10.0 Å². The number of hydrogen-bond donors (Lipinski definition) is 3. The normalized spacial score (nSPS) is 15.6. The number of fused-ring (bicyclic) bond motifs is 1. The van der Waals surface area contributed by atoms with E-state index in [0.29, 0.717) is 25.1 Å². The van der Waals surface area contributed by atoms with E-state index in [4.69, 9.17) is 0 Å². The molecule has 0 bridgehead atoms. The number of carboxylic acid groups (broad SMARTS) is 1. The third-order valence-corrected chi connectivity index (χ3v) is 7.48. The SMILES string of the molecule is C[C@@H](CNS(=O)(=O)c1sc2c(c1C(=O)O)CCNC2)c1ccccc1. The Bertz CT molecular complexity index is 876. The minimum Gasteiger partial charge on any atom is -0.478 e. The summed E-state index contributed by atoms with van der Waals surface area (Å²) in [5.74, 6) is -1.20. The maximum atomic E-state index is 12.7. The number of sulfonamides is 1. The summed E-state index contributed by atoms with van der Waals surface area (Å²) in [4.78, 5) is 12.4. The molecule has 3 N–H and O–H groups in total. The van der Waals surface area contributed by atoms with Gasteiger partial charge in [0.15, 0.2) is 0 Å². The molecule has 0 unspecified atom stereocenters. The number of carbonyl (C=O) groups is 1. The molecule has 0 saturated carbocycles. The molecule has 1 aliphatic heterocycles. The monoisotopic (exact) mass is 380 g/mol. The fourth-order valence-electron chi connectivity index (χ4n) is 2.91. The van der Waals surface area contributed by atoms with E-state index in [1.807, 2.05) is 37.3 Å². The van der Waals surface area contributed by atoms with Crippen LogP contribution >= 0.6 is 11.3 Å². The average molecular weight is 380 g/mol. The minimum atomic E-state index is -3.87. The van der Waals surface area contributed by atoms with E-state index in [1.54, 1.807) is 0 Å². The topological polar surface area (TPSA) is 95.5 Å². The van der Waals surface area contributed by atoms with Crippen LogP contribution in [0.1, 0.15) is 39.2 Å². The van der Waals surface area contributed by atoms with Crippen molar-refractivity contribution in [1.29, 1.82) is 0 Å². The second-order valence-corrected chi connectivity index (χ2v) is 9.13. The van der Waals surface area contributed by atoms with Crippen molar-refractivity contribution in [2.45, 2.75) is 30.0 Å². The number of rotatable bonds is 6. The Morgan fingerprint density at radius 2 is 2.08 bits per heavy atom. The summed E-state index contributed by atoms with van der Waals surface area (Å²) in [5.41, 5.74) is 1.60. The molecular formula is C17H20N2O4S2. The summed E-state index contributed by atoms with van der Waals surface area (Å²) in [6.45, 7) is 3.31. The Hall–Kier alpha value is -1.74. The molecule has 0 radical (unpaired) electrons. The van der Waals surface area contributed by atoms with Gasteiger partial charge in [-0.15, -0.1) is 11.3 Å². The third kappa shape index (κ3) is 3.77. The molecule has 2 aromatic rings. The van der Waals surface area contributed by atoms with Crippen molar-refractivity contribution in [3.63, 3.8) is 0 Å². The van der Waals surface area contributed by atoms with Crippen molar-refractivity contribution >= 4 is 27.3 Å². The minimum absolute atomic E-state index is 0.0134. The Balaban J connectivity index is 1.85. The van der Waals surface area contributed by atoms with Crippen LogP contribution in [0.15, 0.2) is 34.5 Å². The van der Waals surface area contributed by atoms with E-state index >= 15 is 0 Å². The van der Waals surface area contributed by atoms with Crippen molar-refractivity contribution in [2.75, 3.05) is 13.1 Å². The van der Waals surface area contributed by atoms with Gasteiger partial charge in [0.1, 0.15) is 4.21 Å². The zero-order chi connectivity index (χ0) is 18.0. The molecular weight excluding hydrogens is 360 g/mol. The van der Waals surface area contributed by atoms with Gasteiger partial charge in [0.05, 0.1) is 5.56 Å². The van der Waals surface area contributed by atoms with Crippen molar-refractivity contribution in [3.8, 4) is 0 Å². The number of hydrogen-bond acceptors (Lipinski definition) is 5. The first-order valence-corrected chi connectivity index (χ1v) is 10.3. The predicted octanol–water partition coefficient (Wildman–Crippen LogP) is 2.17. The molecule has 0 amide bonds. The van der Waals surface area contributed by atoms with Gasteiger partial charge in [-0.05, 0) is 30.0 Å². The maximum absolute atomic E-state index is 12.7. The van der Waals surface area contributed by atoms with Gasteiger partial charge < -0.3 is 10.4 Å². The van der Waals surface area contributed by atoms with Crippen LogP contribution in [-0.4, -0.2) is 32.6 Å². The lowest BCUT2D eigenvalue weighted by Gasteiger charge is -2.13. The molecule has 2 heterocycles. The Morgan fingerprint density at radius 1 is 1.36 bits per heavy atom. The molecule has 134 valence electrons. The standard InChI is InChI=1S/C17H20N2O4S2/c1-11(12-5-3-2-4-6-12)9-19-25(22,23)17-15(16(20)21)13-7-8-18-10-14(13)24-17/h2-6,11,18-19H,7-10H2,1H3,(H,20,21)/t11-/m0/s1. The molecule has 0 fully saturated rings. The second kappa shape index (κ2) is 7.25. The van der Waals surface area contributed by atoms with Crippen molar-refractivity contribution in [3.05, 3.63) is 51.9 Å². The zero-order valence-electron chi connectivity index (χ0n) is 13.8. The van der Waals surface area contributed by atoms with E-state index < -0.39 is 16.0 Å². The summed E-state index contributed by atoms with van der Waals surface area (Å²) in [6, 6.07) is 9.60. The van der Waals surface area contributed by atoms with Gasteiger partial charge in [-0.3, -0.25) is 0 Å². The third-order valence-electron chi connectivity index (χ3n) is 4.30. The predicted molar refractivity (Wildman–Crippen MR) is 96.7 cm³/mol. The number of thiophene rings is 1. The van der Waals surface area contributed by atoms with E-state index in [2.05, 4.69) is 10.0 Å². The quantitative estimate of drug-likeness (QED) is 0.714. The van der Waals surface area contributed by atoms with Crippen LogP contribution in [0.3, 0.4) is 0 Å². The molecule has 6 nitrogen and oxygen atoms in total. The lowest BCUT2D eigenvalue weighted by Crippen LogP contribution is -2.28. The molecule has 8 heteroatoms. The lowest BCUT2D eigenvalue weighted by molar-refractivity contribution is 0.0692. The highest BCUT2D eigenvalue weighted by Gasteiger charge is 2.31. The summed E-state index contributed by atoms with van der Waals surface area (Å²) in [5, 5.41) is 12.7. The van der Waals surface area contributed by atoms with Crippen molar-refractivity contribution in [2.24, 2.45) is 0 Å². The van der Waals surface area contributed by atoms with Gasteiger partial charge in [-0.2, -0.15) is 0 Å². The molecule has 0 aliphatic carbocycles. The number of carboxylic acids is 1. The highest BCUT2D eigenvalue weighted by molar-refractivity contribution is 7.91. The fourth-order valence-corrected chi connectivity index (χ4v) is 5.95. The van der Waals surface area contributed by atoms with Crippen LogP contribution < -0.4 is 10.0 Å². The molecule has 1 aromatic heterocycles. The van der Waals surface area contributed by atoms with E-state index in [1.165, 1.54) is 0 Å². The molecule has 0 spiro atoms. The Labute approximate surface area is 150 Å². The Kier molecular flexibility index (Phi) is 5.24. The fraction of sp³-hybridized carbons (Fsp3) is 0.353. The average Bonchev–Trinajstić information content (AvgIpc) is 3.01. The summed E-state index contributed by atoms with van der Waals surface area (Å²) >= 11 is 1.05. The molecule has 1 atom stereocenters. The first-order valence-electron chi connectivity index (χ1n) is 8.03. The van der Waals surface area contributed by atoms with E-state index in [9.17, 15) is 18.3 Å². The highest BCUT2D eigenvalue weighted by atomic mass is 32.2. The maximum Gasteiger partial charge on any atom is 0.338 e. The summed E-state index contributed by atoms with van der Waals surface area (Å²) in [7, 11) is -3.87. The lowest BCUT2D eigenvalue weighted by atomic mass is 10.0. The van der Waals surface area contributed by atoms with Crippen LogP contribution in [0, 0.1) is 0 Å².